The van der Waals surface area contributed by atoms with Gasteiger partial charge in [0, 0.05) is 25.2 Å². The second-order valence-corrected chi connectivity index (χ2v) is 10.7. The van der Waals surface area contributed by atoms with Gasteiger partial charge >= 0.3 is 0 Å². The van der Waals surface area contributed by atoms with E-state index in [4.69, 9.17) is 21.1 Å². The molecule has 2 aromatic rings. The first-order chi connectivity index (χ1) is 16.2. The van der Waals surface area contributed by atoms with Crippen molar-refractivity contribution in [3.63, 3.8) is 0 Å². The van der Waals surface area contributed by atoms with Gasteiger partial charge in [-0.1, -0.05) is 42.3 Å². The molecule has 1 aliphatic heterocycles. The number of anilines is 1. The number of likely N-dealkylation sites (tertiary alicyclic amines) is 1. The summed E-state index contributed by atoms with van der Waals surface area (Å²) in [7, 11) is -0.974. The largest absolute Gasteiger partial charge is 0.495 e. The zero-order valence-electron chi connectivity index (χ0n) is 19.8. The summed E-state index contributed by atoms with van der Waals surface area (Å²) >= 11 is 6.13. The minimum absolute atomic E-state index is 0.170. The van der Waals surface area contributed by atoms with E-state index in [9.17, 15) is 13.2 Å². The number of amides is 1. The summed E-state index contributed by atoms with van der Waals surface area (Å²) in [5.74, 6) is 0.0447. The van der Waals surface area contributed by atoms with Gasteiger partial charge in [-0.05, 0) is 37.1 Å². The highest BCUT2D eigenvalue weighted by Gasteiger charge is 2.25. The fourth-order valence-corrected chi connectivity index (χ4v) is 5.03. The number of hydrogen-bond donors (Lipinski definition) is 1. The third-order valence-corrected chi connectivity index (χ3v) is 7.20. The smallest absolute Gasteiger partial charge is 0.241 e. The second-order valence-electron chi connectivity index (χ2n) is 8.36. The van der Waals surface area contributed by atoms with Crippen molar-refractivity contribution >= 4 is 33.2 Å². The summed E-state index contributed by atoms with van der Waals surface area (Å²) in [6, 6.07) is 11.0. The fourth-order valence-electron chi connectivity index (χ4n) is 3.95. The van der Waals surface area contributed by atoms with Crippen LogP contribution in [0.2, 0.25) is 5.02 Å². The number of rotatable bonds is 10. The molecule has 3 rings (SSSR count). The van der Waals surface area contributed by atoms with Crippen molar-refractivity contribution in [2.45, 2.75) is 32.4 Å². The predicted octanol–water partition coefficient (Wildman–Crippen LogP) is 3.43. The summed E-state index contributed by atoms with van der Waals surface area (Å²) in [5, 5.41) is 3.06. The van der Waals surface area contributed by atoms with Crippen LogP contribution < -0.4 is 19.1 Å². The number of ether oxygens (including phenoxy) is 2. The topological polar surface area (TPSA) is 88.2 Å². The van der Waals surface area contributed by atoms with Crippen LogP contribution in [0.5, 0.6) is 11.5 Å². The van der Waals surface area contributed by atoms with Crippen molar-refractivity contribution in [2.24, 2.45) is 0 Å². The van der Waals surface area contributed by atoms with E-state index in [1.807, 2.05) is 12.1 Å². The number of methoxy groups -OCH3 is 2. The molecule has 0 aromatic heterocycles. The number of nitrogens with zero attached hydrogens (tertiary/aromatic N) is 2. The number of nitrogens with one attached hydrogen (secondary N) is 1. The van der Waals surface area contributed by atoms with Crippen LogP contribution in [0.25, 0.3) is 0 Å². The molecule has 8 nitrogen and oxygen atoms in total. The van der Waals surface area contributed by atoms with E-state index in [0.717, 1.165) is 35.8 Å². The number of sulfonamides is 1. The average molecular weight is 510 g/mol. The van der Waals surface area contributed by atoms with Gasteiger partial charge in [0.15, 0.2) is 0 Å². The van der Waals surface area contributed by atoms with E-state index in [-0.39, 0.29) is 22.2 Å². The van der Waals surface area contributed by atoms with Crippen LogP contribution in [0, 0.1) is 0 Å². The van der Waals surface area contributed by atoms with Crippen molar-refractivity contribution in [3.8, 4) is 11.5 Å². The lowest BCUT2D eigenvalue weighted by atomic mass is 10.1. The molecule has 2 aromatic carbocycles. The molecule has 34 heavy (non-hydrogen) atoms. The molecular formula is C24H32ClN3O5S. The van der Waals surface area contributed by atoms with Crippen molar-refractivity contribution in [1.29, 1.82) is 0 Å². The Kier molecular flexibility index (Phi) is 9.04. The Bertz CT molecular complexity index is 1090. The lowest BCUT2D eigenvalue weighted by molar-refractivity contribution is -0.119. The maximum absolute atomic E-state index is 12.7. The van der Waals surface area contributed by atoms with Gasteiger partial charge in [0.25, 0.3) is 0 Å². The summed E-state index contributed by atoms with van der Waals surface area (Å²) in [6.07, 6.45) is 4.85. The minimum Gasteiger partial charge on any atom is -0.495 e. The van der Waals surface area contributed by atoms with Crippen molar-refractivity contribution in [1.82, 2.24) is 10.2 Å². The van der Waals surface area contributed by atoms with Gasteiger partial charge in [-0.25, -0.2) is 8.42 Å². The number of carbonyl (C=O) groups excluding carboxylic acids is 1. The molecule has 0 aliphatic carbocycles. The van der Waals surface area contributed by atoms with Crippen LogP contribution in [-0.2, 0) is 27.9 Å². The quantitative estimate of drug-likeness (QED) is 0.528. The summed E-state index contributed by atoms with van der Waals surface area (Å²) in [6.45, 7) is 3.09. The molecule has 0 bridgehead atoms. The van der Waals surface area contributed by atoms with Gasteiger partial charge in [-0.3, -0.25) is 14.0 Å². The normalized spacial score (nSPS) is 14.5. The molecule has 1 amide bonds. The van der Waals surface area contributed by atoms with E-state index < -0.39 is 22.5 Å². The Hall–Kier alpha value is -2.49. The monoisotopic (exact) mass is 509 g/mol. The highest BCUT2D eigenvalue weighted by Crippen LogP contribution is 2.38. The number of carbonyl (C=O) groups is 1. The Labute approximate surface area is 206 Å². The predicted molar refractivity (Wildman–Crippen MR) is 134 cm³/mol. The second kappa shape index (κ2) is 11.8. The van der Waals surface area contributed by atoms with Gasteiger partial charge < -0.3 is 14.8 Å². The van der Waals surface area contributed by atoms with E-state index in [0.29, 0.717) is 6.54 Å². The zero-order valence-corrected chi connectivity index (χ0v) is 21.4. The van der Waals surface area contributed by atoms with Crippen LogP contribution in [0.1, 0.15) is 30.4 Å². The van der Waals surface area contributed by atoms with Crippen LogP contribution >= 0.6 is 11.6 Å². The molecule has 0 atom stereocenters. The molecule has 0 unspecified atom stereocenters. The SMILES string of the molecule is COc1cc(N(CC(=O)NCc2ccc(CN3CCCCC3)cc2)S(C)(=O)=O)c(OC)cc1Cl. The van der Waals surface area contributed by atoms with Gasteiger partial charge in [-0.15, -0.1) is 0 Å². The van der Waals surface area contributed by atoms with E-state index in [1.165, 1.54) is 51.2 Å². The van der Waals surface area contributed by atoms with Gasteiger partial charge in [0.05, 0.1) is 31.2 Å². The molecule has 1 heterocycles. The van der Waals surface area contributed by atoms with Crippen molar-refractivity contribution < 1.29 is 22.7 Å². The average Bonchev–Trinajstić information content (AvgIpc) is 2.82. The van der Waals surface area contributed by atoms with Gasteiger partial charge in [-0.2, -0.15) is 0 Å². The standard InChI is InChI=1S/C24H32ClN3O5S/c1-32-22-14-21(23(33-2)13-20(22)25)28(34(3,30)31)17-24(29)26-15-18-7-9-19(10-8-18)16-27-11-5-4-6-12-27/h7-10,13-14H,4-6,11-12,15-17H2,1-3H3,(H,26,29). The van der Waals surface area contributed by atoms with Crippen LogP contribution in [0.4, 0.5) is 5.69 Å². The van der Waals surface area contributed by atoms with Gasteiger partial charge in [0.1, 0.15) is 18.0 Å². The van der Waals surface area contributed by atoms with Crippen molar-refractivity contribution in [3.05, 3.63) is 52.5 Å². The molecular weight excluding hydrogens is 478 g/mol. The molecule has 10 heteroatoms. The Morgan fingerprint density at radius 2 is 1.65 bits per heavy atom. The molecule has 1 N–H and O–H groups in total. The lowest BCUT2D eigenvalue weighted by Gasteiger charge is -2.26. The van der Waals surface area contributed by atoms with Crippen LogP contribution in [0.15, 0.2) is 36.4 Å². The molecule has 0 spiro atoms. The number of piperidine rings is 1. The highest BCUT2D eigenvalue weighted by molar-refractivity contribution is 7.92. The number of hydrogen-bond acceptors (Lipinski definition) is 6. The Morgan fingerprint density at radius 1 is 1.03 bits per heavy atom. The first-order valence-electron chi connectivity index (χ1n) is 11.2. The summed E-state index contributed by atoms with van der Waals surface area (Å²) < 4.78 is 36.5. The summed E-state index contributed by atoms with van der Waals surface area (Å²) in [5.41, 5.74) is 2.35. The zero-order chi connectivity index (χ0) is 24.7. The van der Waals surface area contributed by atoms with Crippen LogP contribution in [0.3, 0.4) is 0 Å². The number of halogens is 1. The number of benzene rings is 2. The third-order valence-electron chi connectivity index (χ3n) is 5.78. The molecule has 1 aliphatic rings. The first kappa shape index (κ1) is 26.1. The molecule has 1 saturated heterocycles. The maximum Gasteiger partial charge on any atom is 0.241 e. The first-order valence-corrected chi connectivity index (χ1v) is 13.4. The molecule has 0 radical (unpaired) electrons. The Balaban J connectivity index is 1.65. The fraction of sp³-hybridized carbons (Fsp3) is 0.458. The third kappa shape index (κ3) is 7.01. The highest BCUT2D eigenvalue weighted by atomic mass is 35.5. The van der Waals surface area contributed by atoms with Crippen LogP contribution in [-0.4, -0.2) is 59.3 Å². The Morgan fingerprint density at radius 3 is 2.24 bits per heavy atom. The summed E-state index contributed by atoms with van der Waals surface area (Å²) in [4.78, 5) is 15.1. The molecule has 0 saturated carbocycles. The minimum atomic E-state index is -3.80. The lowest BCUT2D eigenvalue weighted by Crippen LogP contribution is -2.40. The molecule has 186 valence electrons. The van der Waals surface area contributed by atoms with E-state index in [2.05, 4.69) is 22.3 Å². The van der Waals surface area contributed by atoms with E-state index in [1.54, 1.807) is 0 Å². The molecule has 1 fully saturated rings. The maximum atomic E-state index is 12.7. The van der Waals surface area contributed by atoms with Gasteiger partial charge in [0.2, 0.25) is 15.9 Å². The van der Waals surface area contributed by atoms with E-state index >= 15 is 0 Å². The van der Waals surface area contributed by atoms with Crippen molar-refractivity contribution in [2.75, 3.05) is 44.4 Å².